The number of alkyl halides is 1. The van der Waals surface area contributed by atoms with Gasteiger partial charge in [-0.05, 0) is 12.5 Å². The molecule has 90 valence electrons. The van der Waals surface area contributed by atoms with Crippen LogP contribution in [-0.4, -0.2) is 4.57 Å². The Morgan fingerprint density at radius 2 is 1.94 bits per heavy atom. The quantitative estimate of drug-likeness (QED) is 0.745. The van der Waals surface area contributed by atoms with Crippen molar-refractivity contribution >= 4 is 11.6 Å². The lowest BCUT2D eigenvalue weighted by Gasteiger charge is -2.24. The molecule has 0 radical (unpaired) electrons. The molecule has 0 atom stereocenters. The lowest BCUT2D eigenvalue weighted by atomic mass is 9.90. The van der Waals surface area contributed by atoms with E-state index in [1.165, 1.54) is 0 Å². The average Bonchev–Trinajstić information content (AvgIpc) is 2.19. The number of hydrogen-bond donors (Lipinski definition) is 0. The van der Waals surface area contributed by atoms with Gasteiger partial charge in [-0.15, -0.1) is 11.6 Å². The minimum atomic E-state index is -0.0147. The molecule has 0 aliphatic carbocycles. The Hall–Kier alpha value is -0.760. The molecule has 1 rings (SSSR count). The van der Waals surface area contributed by atoms with E-state index in [9.17, 15) is 4.79 Å². The lowest BCUT2D eigenvalue weighted by Crippen LogP contribution is -2.31. The van der Waals surface area contributed by atoms with Gasteiger partial charge in [0, 0.05) is 23.2 Å². The van der Waals surface area contributed by atoms with Crippen LogP contribution in [0.2, 0.25) is 0 Å². The van der Waals surface area contributed by atoms with Gasteiger partial charge < -0.3 is 4.57 Å². The van der Waals surface area contributed by atoms with Crippen LogP contribution < -0.4 is 5.56 Å². The van der Waals surface area contributed by atoms with Gasteiger partial charge in [-0.3, -0.25) is 4.79 Å². The van der Waals surface area contributed by atoms with Crippen molar-refractivity contribution in [2.24, 2.45) is 0 Å². The predicted octanol–water partition coefficient (Wildman–Crippen LogP) is 3.29. The molecule has 0 bridgehead atoms. The molecule has 0 aliphatic heterocycles. The van der Waals surface area contributed by atoms with E-state index >= 15 is 0 Å². The van der Waals surface area contributed by atoms with E-state index in [0.29, 0.717) is 5.56 Å². The van der Waals surface area contributed by atoms with Gasteiger partial charge in [0.05, 0.1) is 5.88 Å². The topological polar surface area (TPSA) is 22.0 Å². The van der Waals surface area contributed by atoms with E-state index in [2.05, 4.69) is 27.7 Å². The zero-order chi connectivity index (χ0) is 12.3. The normalized spacial score (nSPS) is 11.8. The van der Waals surface area contributed by atoms with Crippen molar-refractivity contribution in [3.63, 3.8) is 0 Å². The third-order valence-corrected chi connectivity index (χ3v) is 2.90. The summed E-state index contributed by atoms with van der Waals surface area (Å²) in [7, 11) is 0. The number of nitrogens with zero attached hydrogens (tertiary/aromatic N) is 1. The van der Waals surface area contributed by atoms with Crippen LogP contribution in [0, 0.1) is 0 Å². The zero-order valence-electron chi connectivity index (χ0n) is 10.5. The second-order valence-electron chi connectivity index (χ2n) is 5.08. The van der Waals surface area contributed by atoms with Gasteiger partial charge >= 0.3 is 0 Å². The van der Waals surface area contributed by atoms with Gasteiger partial charge in [-0.1, -0.05) is 33.8 Å². The Kier molecular flexibility index (Phi) is 4.20. The van der Waals surface area contributed by atoms with Gasteiger partial charge in [-0.2, -0.15) is 0 Å². The smallest absolute Gasteiger partial charge is 0.255 e. The molecule has 16 heavy (non-hydrogen) atoms. The fourth-order valence-electron chi connectivity index (χ4n) is 1.83. The van der Waals surface area contributed by atoms with Crippen LogP contribution in [0.1, 0.15) is 45.4 Å². The molecule has 0 aromatic carbocycles. The summed E-state index contributed by atoms with van der Waals surface area (Å²) in [5, 5.41) is 0. The Bertz CT molecular complexity index is 415. The number of pyridine rings is 1. The van der Waals surface area contributed by atoms with Crippen molar-refractivity contribution in [2.45, 2.75) is 52.0 Å². The van der Waals surface area contributed by atoms with Gasteiger partial charge in [-0.25, -0.2) is 0 Å². The summed E-state index contributed by atoms with van der Waals surface area (Å²) in [6.45, 7) is 9.19. The van der Waals surface area contributed by atoms with Crippen LogP contribution in [0.15, 0.2) is 16.9 Å². The summed E-state index contributed by atoms with van der Waals surface area (Å²) in [6, 6.07) is 3.87. The van der Waals surface area contributed by atoms with E-state index in [1.807, 2.05) is 16.7 Å². The Morgan fingerprint density at radius 3 is 2.38 bits per heavy atom. The molecule has 0 aliphatic rings. The zero-order valence-corrected chi connectivity index (χ0v) is 11.3. The maximum atomic E-state index is 12.1. The van der Waals surface area contributed by atoms with Crippen LogP contribution in [0.3, 0.4) is 0 Å². The van der Waals surface area contributed by atoms with Crippen molar-refractivity contribution in [1.29, 1.82) is 0 Å². The first kappa shape index (κ1) is 13.3. The molecule has 2 nitrogen and oxygen atoms in total. The first-order valence-electron chi connectivity index (χ1n) is 5.71. The first-order chi connectivity index (χ1) is 7.41. The molecular formula is C13H20ClNO. The maximum Gasteiger partial charge on any atom is 0.255 e. The lowest BCUT2D eigenvalue weighted by molar-refractivity contribution is 0.496. The van der Waals surface area contributed by atoms with E-state index in [-0.39, 0.29) is 16.9 Å². The summed E-state index contributed by atoms with van der Waals surface area (Å²) >= 11 is 5.76. The molecule has 0 saturated heterocycles. The largest absolute Gasteiger partial charge is 0.312 e. The van der Waals surface area contributed by atoms with E-state index < -0.39 is 0 Å². The fraction of sp³-hybridized carbons (Fsp3) is 0.615. The number of hydrogen-bond acceptors (Lipinski definition) is 1. The van der Waals surface area contributed by atoms with Crippen LogP contribution in [0.25, 0.3) is 0 Å². The molecule has 1 aromatic heterocycles. The summed E-state index contributed by atoms with van der Waals surface area (Å²) in [5.41, 5.74) is 1.81. The Labute approximate surface area is 102 Å². The average molecular weight is 242 g/mol. The van der Waals surface area contributed by atoms with E-state index in [0.717, 1.165) is 18.7 Å². The Morgan fingerprint density at radius 1 is 1.31 bits per heavy atom. The molecule has 0 unspecified atom stereocenters. The van der Waals surface area contributed by atoms with Crippen molar-refractivity contribution in [3.8, 4) is 0 Å². The van der Waals surface area contributed by atoms with Gasteiger partial charge in [0.15, 0.2) is 0 Å². The molecule has 1 aromatic rings. The van der Waals surface area contributed by atoms with Crippen molar-refractivity contribution in [1.82, 2.24) is 4.57 Å². The van der Waals surface area contributed by atoms with Crippen molar-refractivity contribution in [3.05, 3.63) is 33.7 Å². The van der Waals surface area contributed by atoms with Crippen LogP contribution in [0.4, 0.5) is 0 Å². The first-order valence-corrected chi connectivity index (χ1v) is 6.24. The molecule has 0 spiro atoms. The summed E-state index contributed by atoms with van der Waals surface area (Å²) in [4.78, 5) is 12.1. The summed E-state index contributed by atoms with van der Waals surface area (Å²) in [6.07, 6.45) is 0.953. The van der Waals surface area contributed by atoms with Crippen LogP contribution >= 0.6 is 11.6 Å². The highest BCUT2D eigenvalue weighted by Gasteiger charge is 2.19. The summed E-state index contributed by atoms with van der Waals surface area (Å²) in [5.74, 6) is 0.285. The molecular weight excluding hydrogens is 222 g/mol. The van der Waals surface area contributed by atoms with Crippen molar-refractivity contribution in [2.75, 3.05) is 0 Å². The van der Waals surface area contributed by atoms with Gasteiger partial charge in [0.2, 0.25) is 0 Å². The second kappa shape index (κ2) is 5.05. The van der Waals surface area contributed by atoms with E-state index in [1.54, 1.807) is 0 Å². The molecule has 0 N–H and O–H groups in total. The fourth-order valence-corrected chi connectivity index (χ4v) is 2.03. The van der Waals surface area contributed by atoms with Crippen LogP contribution in [-0.2, 0) is 17.8 Å². The third kappa shape index (κ3) is 2.67. The molecule has 0 saturated carbocycles. The highest BCUT2D eigenvalue weighted by molar-refractivity contribution is 6.17. The SMILES string of the molecule is CCCn1c(C(C)(C)C)ccc(CCl)c1=O. The van der Waals surface area contributed by atoms with Gasteiger partial charge in [0.1, 0.15) is 0 Å². The molecule has 1 heterocycles. The van der Waals surface area contributed by atoms with Gasteiger partial charge in [0.25, 0.3) is 5.56 Å². The monoisotopic (exact) mass is 241 g/mol. The number of aromatic nitrogens is 1. The third-order valence-electron chi connectivity index (χ3n) is 2.61. The standard InChI is InChI=1S/C13H20ClNO/c1-5-8-15-11(13(2,3)4)7-6-10(9-14)12(15)16/h6-7H,5,8-9H2,1-4H3. The van der Waals surface area contributed by atoms with E-state index in [4.69, 9.17) is 11.6 Å². The van der Waals surface area contributed by atoms with Crippen LogP contribution in [0.5, 0.6) is 0 Å². The molecule has 3 heteroatoms. The second-order valence-corrected chi connectivity index (χ2v) is 5.35. The maximum absolute atomic E-state index is 12.1. The highest BCUT2D eigenvalue weighted by Crippen LogP contribution is 2.21. The highest BCUT2D eigenvalue weighted by atomic mass is 35.5. The molecule has 0 fully saturated rings. The Balaban J connectivity index is 3.41. The molecule has 0 amide bonds. The minimum Gasteiger partial charge on any atom is -0.312 e. The number of halogens is 1. The van der Waals surface area contributed by atoms with Crippen molar-refractivity contribution < 1.29 is 0 Å². The number of rotatable bonds is 3. The predicted molar refractivity (Wildman–Crippen MR) is 69.3 cm³/mol. The summed E-state index contributed by atoms with van der Waals surface area (Å²) < 4.78 is 1.86. The minimum absolute atomic E-state index is 0.0147.